The molecule has 0 spiro atoms. The SMILES string of the molecule is COc1c(Cl)ccc(Cl)c1C(=O)NCCc1cc(C)[nH]c1C. The maximum absolute atomic E-state index is 12.3. The molecule has 0 saturated carbocycles. The van der Waals surface area contributed by atoms with Crippen molar-refractivity contribution in [3.8, 4) is 5.75 Å². The van der Waals surface area contributed by atoms with Gasteiger partial charge in [-0.05, 0) is 44.0 Å². The van der Waals surface area contributed by atoms with Crippen LogP contribution < -0.4 is 10.1 Å². The third-order valence-corrected chi connectivity index (χ3v) is 4.04. The zero-order valence-electron chi connectivity index (χ0n) is 12.7. The molecular formula is C16H18Cl2N2O2. The molecule has 0 fully saturated rings. The zero-order valence-corrected chi connectivity index (χ0v) is 14.2. The molecular weight excluding hydrogens is 323 g/mol. The largest absolute Gasteiger partial charge is 0.494 e. The monoisotopic (exact) mass is 340 g/mol. The number of amides is 1. The molecule has 4 nitrogen and oxygen atoms in total. The standard InChI is InChI=1S/C16H18Cl2N2O2/c1-9-8-11(10(2)20-9)6-7-19-16(21)14-12(17)4-5-13(18)15(14)22-3/h4-5,8,20H,6-7H2,1-3H3,(H,19,21). The van der Waals surface area contributed by atoms with E-state index in [4.69, 9.17) is 27.9 Å². The lowest BCUT2D eigenvalue weighted by Gasteiger charge is -2.12. The van der Waals surface area contributed by atoms with Crippen molar-refractivity contribution < 1.29 is 9.53 Å². The van der Waals surface area contributed by atoms with Gasteiger partial charge in [-0.1, -0.05) is 23.2 Å². The number of carbonyl (C=O) groups is 1. The van der Waals surface area contributed by atoms with Gasteiger partial charge in [-0.2, -0.15) is 0 Å². The van der Waals surface area contributed by atoms with Crippen LogP contribution >= 0.6 is 23.2 Å². The lowest BCUT2D eigenvalue weighted by atomic mass is 10.1. The number of carbonyl (C=O) groups excluding carboxylic acids is 1. The summed E-state index contributed by atoms with van der Waals surface area (Å²) in [6.07, 6.45) is 0.739. The maximum atomic E-state index is 12.3. The van der Waals surface area contributed by atoms with Crippen LogP contribution in [-0.2, 0) is 6.42 Å². The molecule has 22 heavy (non-hydrogen) atoms. The first-order valence-corrected chi connectivity index (χ1v) is 7.65. The number of aromatic amines is 1. The molecule has 118 valence electrons. The van der Waals surface area contributed by atoms with E-state index in [1.807, 2.05) is 13.8 Å². The molecule has 1 amide bonds. The number of hydrogen-bond donors (Lipinski definition) is 2. The van der Waals surface area contributed by atoms with E-state index in [1.54, 1.807) is 12.1 Å². The zero-order chi connectivity index (χ0) is 16.3. The number of H-pyrrole nitrogens is 1. The van der Waals surface area contributed by atoms with Crippen molar-refractivity contribution in [2.24, 2.45) is 0 Å². The highest BCUT2D eigenvalue weighted by atomic mass is 35.5. The first-order chi connectivity index (χ1) is 10.4. The Morgan fingerprint density at radius 3 is 2.55 bits per heavy atom. The Morgan fingerprint density at radius 1 is 1.27 bits per heavy atom. The quantitative estimate of drug-likeness (QED) is 0.866. The molecule has 1 heterocycles. The summed E-state index contributed by atoms with van der Waals surface area (Å²) in [5.74, 6) is -0.00500. The van der Waals surface area contributed by atoms with Gasteiger partial charge in [0.2, 0.25) is 0 Å². The molecule has 2 aromatic rings. The molecule has 0 atom stereocenters. The average Bonchev–Trinajstić information content (AvgIpc) is 2.79. The van der Waals surface area contributed by atoms with E-state index >= 15 is 0 Å². The van der Waals surface area contributed by atoms with Crippen molar-refractivity contribution in [3.63, 3.8) is 0 Å². The summed E-state index contributed by atoms with van der Waals surface area (Å²) >= 11 is 12.1. The smallest absolute Gasteiger partial charge is 0.256 e. The molecule has 0 aliphatic carbocycles. The molecule has 6 heteroatoms. The van der Waals surface area contributed by atoms with Crippen LogP contribution in [0.3, 0.4) is 0 Å². The number of nitrogens with one attached hydrogen (secondary N) is 2. The molecule has 2 rings (SSSR count). The van der Waals surface area contributed by atoms with Crippen LogP contribution in [-0.4, -0.2) is 24.5 Å². The third-order valence-electron chi connectivity index (χ3n) is 3.43. The second kappa shape index (κ2) is 7.07. The molecule has 1 aromatic carbocycles. The fourth-order valence-electron chi connectivity index (χ4n) is 2.38. The summed E-state index contributed by atoms with van der Waals surface area (Å²) in [6, 6.07) is 5.26. The van der Waals surface area contributed by atoms with E-state index < -0.39 is 0 Å². The Labute approximate surface area is 139 Å². The van der Waals surface area contributed by atoms with E-state index in [1.165, 1.54) is 12.7 Å². The number of methoxy groups -OCH3 is 1. The summed E-state index contributed by atoms with van der Waals surface area (Å²) in [4.78, 5) is 15.6. The fraction of sp³-hybridized carbons (Fsp3) is 0.312. The lowest BCUT2D eigenvalue weighted by Crippen LogP contribution is -2.26. The first kappa shape index (κ1) is 16.7. The van der Waals surface area contributed by atoms with Gasteiger partial charge >= 0.3 is 0 Å². The predicted octanol–water partition coefficient (Wildman–Crippen LogP) is 3.92. The number of hydrogen-bond acceptors (Lipinski definition) is 2. The van der Waals surface area contributed by atoms with Crippen molar-refractivity contribution in [1.82, 2.24) is 10.3 Å². The highest BCUT2D eigenvalue weighted by Crippen LogP contribution is 2.33. The predicted molar refractivity (Wildman–Crippen MR) is 89.3 cm³/mol. The van der Waals surface area contributed by atoms with Gasteiger partial charge in [-0.3, -0.25) is 4.79 Å². The summed E-state index contributed by atoms with van der Waals surface area (Å²) in [6.45, 7) is 4.52. The first-order valence-electron chi connectivity index (χ1n) is 6.89. The molecule has 0 unspecified atom stereocenters. The van der Waals surface area contributed by atoms with Gasteiger partial charge < -0.3 is 15.0 Å². The summed E-state index contributed by atoms with van der Waals surface area (Å²) in [7, 11) is 1.46. The number of ether oxygens (including phenoxy) is 1. The molecule has 1 aromatic heterocycles. The number of benzene rings is 1. The van der Waals surface area contributed by atoms with E-state index in [-0.39, 0.29) is 11.5 Å². The minimum absolute atomic E-state index is 0.263. The van der Waals surface area contributed by atoms with Crippen molar-refractivity contribution in [1.29, 1.82) is 0 Å². The van der Waals surface area contributed by atoms with E-state index in [0.717, 1.165) is 17.8 Å². The molecule has 2 N–H and O–H groups in total. The molecule has 0 bridgehead atoms. The van der Waals surface area contributed by atoms with Gasteiger partial charge in [0.1, 0.15) is 5.56 Å². The number of aromatic nitrogens is 1. The Kier molecular flexibility index (Phi) is 5.37. The van der Waals surface area contributed by atoms with Crippen molar-refractivity contribution >= 4 is 29.1 Å². The van der Waals surface area contributed by atoms with Crippen molar-refractivity contribution in [2.75, 3.05) is 13.7 Å². The van der Waals surface area contributed by atoms with Crippen molar-refractivity contribution in [3.05, 3.63) is 50.8 Å². The van der Waals surface area contributed by atoms with Gasteiger partial charge in [-0.15, -0.1) is 0 Å². The van der Waals surface area contributed by atoms with Gasteiger partial charge in [0.25, 0.3) is 5.91 Å². The minimum atomic E-state index is -0.297. The van der Waals surface area contributed by atoms with Crippen LogP contribution in [0.5, 0.6) is 5.75 Å². The Hall–Kier alpha value is -1.65. The third kappa shape index (κ3) is 3.57. The van der Waals surface area contributed by atoms with Crippen LogP contribution in [0.1, 0.15) is 27.3 Å². The molecule has 0 saturated heterocycles. The normalized spacial score (nSPS) is 10.6. The Morgan fingerprint density at radius 2 is 1.95 bits per heavy atom. The Balaban J connectivity index is 2.07. The van der Waals surface area contributed by atoms with Gasteiger partial charge in [0, 0.05) is 17.9 Å². The van der Waals surface area contributed by atoms with E-state index in [9.17, 15) is 4.79 Å². The highest BCUT2D eigenvalue weighted by Gasteiger charge is 2.19. The minimum Gasteiger partial charge on any atom is -0.494 e. The van der Waals surface area contributed by atoms with Gasteiger partial charge in [0.15, 0.2) is 5.75 Å². The van der Waals surface area contributed by atoms with Crippen LogP contribution in [0.4, 0.5) is 0 Å². The topological polar surface area (TPSA) is 54.1 Å². The van der Waals surface area contributed by atoms with Crippen LogP contribution in [0.25, 0.3) is 0 Å². The maximum Gasteiger partial charge on any atom is 0.256 e. The highest BCUT2D eigenvalue weighted by molar-refractivity contribution is 6.37. The average molecular weight is 341 g/mol. The molecule has 0 aliphatic heterocycles. The second-order valence-corrected chi connectivity index (χ2v) is 5.86. The van der Waals surface area contributed by atoms with Crippen molar-refractivity contribution in [2.45, 2.75) is 20.3 Å². The molecule has 0 radical (unpaired) electrons. The number of halogens is 2. The van der Waals surface area contributed by atoms with Gasteiger partial charge in [-0.25, -0.2) is 0 Å². The fourth-order valence-corrected chi connectivity index (χ4v) is 2.85. The second-order valence-electron chi connectivity index (χ2n) is 5.05. The van der Waals surface area contributed by atoms with Gasteiger partial charge in [0.05, 0.1) is 17.2 Å². The van der Waals surface area contributed by atoms with Crippen LogP contribution in [0, 0.1) is 13.8 Å². The van der Waals surface area contributed by atoms with E-state index in [2.05, 4.69) is 16.4 Å². The van der Waals surface area contributed by atoms with Crippen LogP contribution in [0.2, 0.25) is 10.0 Å². The summed E-state index contributed by atoms with van der Waals surface area (Å²) < 4.78 is 5.18. The molecule has 0 aliphatic rings. The number of aryl methyl sites for hydroxylation is 2. The summed E-state index contributed by atoms with van der Waals surface area (Å²) in [5.41, 5.74) is 3.67. The Bertz CT molecular complexity index is 696. The lowest BCUT2D eigenvalue weighted by molar-refractivity contribution is 0.0951. The van der Waals surface area contributed by atoms with E-state index in [0.29, 0.717) is 22.3 Å². The number of rotatable bonds is 5. The van der Waals surface area contributed by atoms with Crippen LogP contribution in [0.15, 0.2) is 18.2 Å². The summed E-state index contributed by atoms with van der Waals surface area (Å²) in [5, 5.41) is 3.52.